The van der Waals surface area contributed by atoms with E-state index in [9.17, 15) is 32.2 Å². The van der Waals surface area contributed by atoms with Crippen LogP contribution in [0.15, 0.2) is 24.3 Å². The Morgan fingerprint density at radius 2 is 0.873 bits per heavy atom. The summed E-state index contributed by atoms with van der Waals surface area (Å²) in [6, 6.07) is 7.43. The summed E-state index contributed by atoms with van der Waals surface area (Å²) in [7, 11) is -32.2. The zero-order valence-corrected chi connectivity index (χ0v) is 33.9. The first-order valence-electron chi connectivity index (χ1n) is 14.8. The number of hydrogen-bond acceptors (Lipinski definition) is 16. The second-order valence-corrected chi connectivity index (χ2v) is 18.3. The van der Waals surface area contributed by atoms with Gasteiger partial charge in [-0.25, -0.2) is 32.2 Å². The number of carbonyl (C=O) groups excluding carboxylic acids is 1. The van der Waals surface area contributed by atoms with Gasteiger partial charge in [-0.15, -0.1) is 0 Å². The lowest BCUT2D eigenvalue weighted by molar-refractivity contribution is -0.202. The molecule has 1 aliphatic carbocycles. The maximum atomic E-state index is 11.7. The van der Waals surface area contributed by atoms with Gasteiger partial charge in [0.05, 0.1) is 5.56 Å². The standard InChI is InChI=1S/C15H24N2O2.C6H18O24P6/c1-4-5-10-16-14-8-6-13(7-9-14)15(18)19-12-11-17(2)3;7-31(8,9)25-1-2(26-32(10,11)12)4(28-34(16,17)18)6(30-36(22,23)24)5(29-35(19,20)21)3(1)27-33(13,14)15/h6-9,16H,4-5,10-12H2,1-3H3;1-6H,(H2,7,8,9)(H2,10,11,12)(H2,13,14,15)(H2,16,17,18)(H2,19,20,21)(H2,22,23,24). The van der Waals surface area contributed by atoms with Crippen molar-refractivity contribution in [1.82, 2.24) is 4.90 Å². The van der Waals surface area contributed by atoms with Gasteiger partial charge in [0.2, 0.25) is 0 Å². The fourth-order valence-corrected chi connectivity index (χ4v) is 7.67. The highest BCUT2D eigenvalue weighted by atomic mass is 31.2. The molecule has 0 aliphatic heterocycles. The lowest BCUT2D eigenvalue weighted by atomic mass is 9.85. The lowest BCUT2D eigenvalue weighted by Crippen LogP contribution is -2.66. The number of phosphoric acid groups is 6. The number of carbonyl (C=O) groups is 1. The number of nitrogens with zero attached hydrogens (tertiary/aromatic N) is 1. The van der Waals surface area contributed by atoms with E-state index in [2.05, 4.69) is 39.4 Å². The Bertz CT molecular complexity index is 1430. The quantitative estimate of drug-likeness (QED) is 0.0445. The molecule has 1 aromatic rings. The van der Waals surface area contributed by atoms with Gasteiger partial charge in [0.15, 0.2) is 0 Å². The van der Waals surface area contributed by atoms with Crippen LogP contribution in [0.3, 0.4) is 0 Å². The highest BCUT2D eigenvalue weighted by Crippen LogP contribution is 2.57. The number of unbranched alkanes of at least 4 members (excludes halogenated alkanes) is 1. The molecule has 13 N–H and O–H groups in total. The van der Waals surface area contributed by atoms with Crippen LogP contribution < -0.4 is 5.32 Å². The molecule has 28 nitrogen and oxygen atoms in total. The number of phosphoric ester groups is 6. The van der Waals surface area contributed by atoms with Crippen molar-refractivity contribution in [3.05, 3.63) is 29.8 Å². The normalized spacial score (nSPS) is 22.8. The number of ether oxygens (including phenoxy) is 1. The Labute approximate surface area is 311 Å². The van der Waals surface area contributed by atoms with Crippen LogP contribution in [0.25, 0.3) is 0 Å². The van der Waals surface area contributed by atoms with Crippen LogP contribution in [0.1, 0.15) is 30.1 Å². The van der Waals surface area contributed by atoms with Crippen LogP contribution in [0, 0.1) is 0 Å². The first-order valence-corrected chi connectivity index (χ1v) is 24.0. The smallest absolute Gasteiger partial charge is 0.461 e. The molecule has 0 radical (unpaired) electrons. The average Bonchev–Trinajstić information content (AvgIpc) is 2.95. The zero-order valence-electron chi connectivity index (χ0n) is 28.5. The zero-order chi connectivity index (χ0) is 42.8. The first kappa shape index (κ1) is 52.1. The molecule has 1 aromatic carbocycles. The minimum atomic E-state index is -6.02. The maximum Gasteiger partial charge on any atom is 0.470 e. The number of hydrogen-bond donors (Lipinski definition) is 13. The summed E-state index contributed by atoms with van der Waals surface area (Å²) >= 11 is 0. The molecule has 0 atom stereocenters. The van der Waals surface area contributed by atoms with E-state index in [0.717, 1.165) is 25.2 Å². The monoisotopic (exact) mass is 924 g/mol. The highest BCUT2D eigenvalue weighted by Gasteiger charge is 2.62. The Balaban J connectivity index is 0.000000666. The Morgan fingerprint density at radius 3 is 1.11 bits per heavy atom. The molecule has 0 saturated heterocycles. The van der Waals surface area contributed by atoms with Gasteiger partial charge in [-0.3, -0.25) is 27.1 Å². The number of benzene rings is 1. The average molecular weight is 924 g/mol. The number of nitrogens with one attached hydrogen (secondary N) is 1. The Hall–Kier alpha value is -0.890. The Kier molecular flexibility index (Phi) is 20.3. The molecule has 0 unspecified atom stereocenters. The van der Waals surface area contributed by atoms with Crippen molar-refractivity contribution in [2.45, 2.75) is 56.4 Å². The molecule has 2 rings (SSSR count). The van der Waals surface area contributed by atoms with Gasteiger partial charge in [-0.1, -0.05) is 13.3 Å². The minimum absolute atomic E-state index is 0.262. The number of rotatable bonds is 20. The van der Waals surface area contributed by atoms with Gasteiger partial charge in [0.1, 0.15) is 43.2 Å². The van der Waals surface area contributed by atoms with Gasteiger partial charge in [-0.2, -0.15) is 0 Å². The highest BCUT2D eigenvalue weighted by molar-refractivity contribution is 7.47. The van der Waals surface area contributed by atoms with E-state index in [1.54, 1.807) is 12.1 Å². The fourth-order valence-electron chi connectivity index (χ4n) is 4.33. The summed E-state index contributed by atoms with van der Waals surface area (Å²) in [5.41, 5.74) is 1.64. The van der Waals surface area contributed by atoms with Crippen molar-refractivity contribution >= 4 is 58.6 Å². The van der Waals surface area contributed by atoms with Crippen molar-refractivity contribution in [3.63, 3.8) is 0 Å². The molecule has 1 fully saturated rings. The topological polar surface area (TPSA) is 442 Å². The predicted molar refractivity (Wildman–Crippen MR) is 180 cm³/mol. The molecule has 1 saturated carbocycles. The molecule has 0 spiro atoms. The third-order valence-corrected chi connectivity index (χ3v) is 9.36. The lowest BCUT2D eigenvalue weighted by Gasteiger charge is -2.48. The summed E-state index contributed by atoms with van der Waals surface area (Å²) in [5.74, 6) is -0.262. The van der Waals surface area contributed by atoms with Crippen LogP contribution in [0.5, 0.6) is 0 Å². The van der Waals surface area contributed by atoms with Crippen molar-refractivity contribution < 1.29 is 123 Å². The van der Waals surface area contributed by atoms with Gasteiger partial charge >= 0.3 is 52.9 Å². The third-order valence-electron chi connectivity index (χ3n) is 6.25. The van der Waals surface area contributed by atoms with E-state index in [1.807, 2.05) is 31.1 Å². The van der Waals surface area contributed by atoms with E-state index in [1.165, 1.54) is 6.42 Å². The number of anilines is 1. The van der Waals surface area contributed by atoms with Crippen molar-refractivity contribution in [2.24, 2.45) is 0 Å². The van der Waals surface area contributed by atoms with Crippen molar-refractivity contribution in [1.29, 1.82) is 0 Å². The van der Waals surface area contributed by atoms with Crippen LogP contribution >= 0.6 is 46.9 Å². The van der Waals surface area contributed by atoms with Gasteiger partial charge in [0.25, 0.3) is 0 Å². The fraction of sp³-hybridized carbons (Fsp3) is 0.667. The Morgan fingerprint density at radius 1 is 0.582 bits per heavy atom. The first-order chi connectivity index (χ1) is 24.7. The van der Waals surface area contributed by atoms with E-state index < -0.39 is 83.6 Å². The summed E-state index contributed by atoms with van der Waals surface area (Å²) < 4.78 is 98.3. The van der Waals surface area contributed by atoms with Crippen LogP contribution in [-0.2, 0) is 59.3 Å². The van der Waals surface area contributed by atoms with Gasteiger partial charge in [-0.05, 0) is 44.8 Å². The molecule has 55 heavy (non-hydrogen) atoms. The minimum Gasteiger partial charge on any atom is -0.461 e. The summed E-state index contributed by atoms with van der Waals surface area (Å²) in [6.07, 6.45) is -16.5. The summed E-state index contributed by atoms with van der Waals surface area (Å²) in [6.45, 7) is 4.28. The van der Waals surface area contributed by atoms with E-state index in [0.29, 0.717) is 12.2 Å². The molecule has 322 valence electrons. The van der Waals surface area contributed by atoms with Crippen LogP contribution in [0.2, 0.25) is 0 Å². The molecular formula is C21H42N2O26P6. The second kappa shape index (κ2) is 21.4. The molecule has 1 aliphatic rings. The third kappa shape index (κ3) is 22.7. The van der Waals surface area contributed by atoms with E-state index in [4.69, 9.17) is 63.5 Å². The SMILES string of the molecule is CCCCNc1ccc(C(=O)OCCN(C)C)cc1.O=P(O)(O)OC1C(OP(=O)(O)O)C(OP(=O)(O)O)C(OP(=O)(O)O)C(OP(=O)(O)O)C1OP(=O)(O)O. The van der Waals surface area contributed by atoms with Crippen LogP contribution in [0.4, 0.5) is 5.69 Å². The summed E-state index contributed by atoms with van der Waals surface area (Å²) in [4.78, 5) is 123. The molecule has 0 bridgehead atoms. The second-order valence-electron chi connectivity index (χ2n) is 11.2. The molecular weight excluding hydrogens is 882 g/mol. The summed E-state index contributed by atoms with van der Waals surface area (Å²) in [5, 5.41) is 3.31. The largest absolute Gasteiger partial charge is 0.470 e. The maximum absolute atomic E-state index is 11.7. The van der Waals surface area contributed by atoms with Crippen LogP contribution in [-0.4, -0.2) is 140 Å². The van der Waals surface area contributed by atoms with Crippen molar-refractivity contribution in [3.8, 4) is 0 Å². The molecule has 0 aromatic heterocycles. The van der Waals surface area contributed by atoms with E-state index in [-0.39, 0.29) is 5.97 Å². The number of likely N-dealkylation sites (N-methyl/N-ethyl adjacent to an activating group) is 1. The molecule has 0 amide bonds. The van der Waals surface area contributed by atoms with E-state index >= 15 is 0 Å². The predicted octanol–water partition coefficient (Wildman–Crippen LogP) is -0.516. The number of esters is 1. The van der Waals surface area contributed by atoms with Gasteiger partial charge in [0, 0.05) is 18.8 Å². The molecule has 34 heteroatoms. The molecule has 0 heterocycles. The van der Waals surface area contributed by atoms with Crippen molar-refractivity contribution in [2.75, 3.05) is 39.1 Å². The van der Waals surface area contributed by atoms with Gasteiger partial charge < -0.3 is 73.7 Å².